The summed E-state index contributed by atoms with van der Waals surface area (Å²) in [5, 5.41) is 6.09. The lowest BCUT2D eigenvalue weighted by Gasteiger charge is -2.21. The standard InChI is InChI=1S/C23H24N2/c1-3-12-19(13-4-1)24-23(25-20-14-5-2-6-15-20)22-17-9-11-18-10-7-8-16-21(18)22/h1,3-4,7-13,16-17,20H,2,5-6,14-15H2,(H,24,25). The Hall–Kier alpha value is -2.61. The molecule has 0 radical (unpaired) electrons. The molecule has 0 unspecified atom stereocenters. The number of hydrogen-bond acceptors (Lipinski definition) is 1. The predicted octanol–water partition coefficient (Wildman–Crippen LogP) is 6.03. The van der Waals surface area contributed by atoms with E-state index >= 15 is 0 Å². The smallest absolute Gasteiger partial charge is 0.133 e. The van der Waals surface area contributed by atoms with Gasteiger partial charge in [0.1, 0.15) is 5.84 Å². The molecule has 126 valence electrons. The van der Waals surface area contributed by atoms with Crippen LogP contribution in [0, 0.1) is 0 Å². The summed E-state index contributed by atoms with van der Waals surface area (Å²) >= 11 is 0. The summed E-state index contributed by atoms with van der Waals surface area (Å²) in [4.78, 5) is 5.16. The van der Waals surface area contributed by atoms with Gasteiger partial charge in [0.15, 0.2) is 0 Å². The Balaban J connectivity index is 1.77. The van der Waals surface area contributed by atoms with E-state index in [9.17, 15) is 0 Å². The summed E-state index contributed by atoms with van der Waals surface area (Å²) < 4.78 is 0. The van der Waals surface area contributed by atoms with Crippen molar-refractivity contribution in [2.24, 2.45) is 4.99 Å². The van der Waals surface area contributed by atoms with Gasteiger partial charge in [-0.2, -0.15) is 0 Å². The van der Waals surface area contributed by atoms with Gasteiger partial charge in [-0.15, -0.1) is 0 Å². The molecule has 25 heavy (non-hydrogen) atoms. The molecule has 0 atom stereocenters. The van der Waals surface area contributed by atoms with E-state index in [1.807, 2.05) is 6.07 Å². The van der Waals surface area contributed by atoms with Gasteiger partial charge in [0, 0.05) is 11.3 Å². The van der Waals surface area contributed by atoms with Crippen LogP contribution >= 0.6 is 0 Å². The first-order chi connectivity index (χ1) is 12.4. The molecule has 0 aromatic heterocycles. The van der Waals surface area contributed by atoms with Crippen LogP contribution in [0.4, 0.5) is 5.69 Å². The molecular weight excluding hydrogens is 304 g/mol. The monoisotopic (exact) mass is 328 g/mol. The van der Waals surface area contributed by atoms with Crippen LogP contribution in [-0.2, 0) is 0 Å². The van der Waals surface area contributed by atoms with E-state index in [1.165, 1.54) is 48.4 Å². The molecule has 3 aromatic rings. The lowest BCUT2D eigenvalue weighted by molar-refractivity contribution is 0.443. The summed E-state index contributed by atoms with van der Waals surface area (Å²) in [6.07, 6.45) is 6.34. The van der Waals surface area contributed by atoms with Crippen LogP contribution in [0.1, 0.15) is 37.7 Å². The van der Waals surface area contributed by atoms with Crippen molar-refractivity contribution in [1.82, 2.24) is 0 Å². The van der Waals surface area contributed by atoms with Crippen LogP contribution in [0.15, 0.2) is 77.8 Å². The molecule has 1 aliphatic carbocycles. The SMILES string of the molecule is c1ccc(NC(=NC2CCCCC2)c2cccc3ccccc23)cc1. The van der Waals surface area contributed by atoms with E-state index in [0.717, 1.165) is 11.5 Å². The largest absolute Gasteiger partial charge is 0.340 e. The zero-order chi connectivity index (χ0) is 16.9. The third-order valence-corrected chi connectivity index (χ3v) is 4.97. The Morgan fingerprint density at radius 2 is 1.48 bits per heavy atom. The third-order valence-electron chi connectivity index (χ3n) is 4.97. The molecule has 0 heterocycles. The molecule has 0 bridgehead atoms. The molecule has 4 rings (SSSR count). The van der Waals surface area contributed by atoms with E-state index in [1.54, 1.807) is 0 Å². The van der Waals surface area contributed by atoms with E-state index in [-0.39, 0.29) is 0 Å². The second-order valence-corrected chi connectivity index (χ2v) is 6.79. The van der Waals surface area contributed by atoms with Crippen molar-refractivity contribution in [2.75, 3.05) is 5.32 Å². The van der Waals surface area contributed by atoms with Crippen molar-refractivity contribution in [2.45, 2.75) is 38.1 Å². The molecule has 3 aromatic carbocycles. The first kappa shape index (κ1) is 15.9. The van der Waals surface area contributed by atoms with Gasteiger partial charge >= 0.3 is 0 Å². The molecule has 0 aliphatic heterocycles. The molecule has 1 N–H and O–H groups in total. The number of hydrogen-bond donors (Lipinski definition) is 1. The molecule has 1 aliphatic rings. The number of para-hydroxylation sites is 1. The second-order valence-electron chi connectivity index (χ2n) is 6.79. The van der Waals surface area contributed by atoms with Crippen molar-refractivity contribution in [3.05, 3.63) is 78.4 Å². The third kappa shape index (κ3) is 3.74. The van der Waals surface area contributed by atoms with Gasteiger partial charge in [-0.25, -0.2) is 0 Å². The topological polar surface area (TPSA) is 24.4 Å². The highest BCUT2D eigenvalue weighted by atomic mass is 15.0. The fraction of sp³-hybridized carbons (Fsp3) is 0.261. The number of aliphatic imine (C=N–C) groups is 1. The molecule has 1 saturated carbocycles. The maximum atomic E-state index is 5.16. The van der Waals surface area contributed by atoms with Crippen LogP contribution in [0.2, 0.25) is 0 Å². The number of benzene rings is 3. The van der Waals surface area contributed by atoms with Gasteiger partial charge in [-0.05, 0) is 35.7 Å². The van der Waals surface area contributed by atoms with E-state index in [0.29, 0.717) is 6.04 Å². The van der Waals surface area contributed by atoms with Crippen LogP contribution in [0.3, 0.4) is 0 Å². The molecule has 0 saturated heterocycles. The summed E-state index contributed by atoms with van der Waals surface area (Å²) in [6.45, 7) is 0. The summed E-state index contributed by atoms with van der Waals surface area (Å²) in [6, 6.07) is 25.8. The zero-order valence-electron chi connectivity index (χ0n) is 14.5. The van der Waals surface area contributed by atoms with Crippen molar-refractivity contribution in [1.29, 1.82) is 0 Å². The van der Waals surface area contributed by atoms with Gasteiger partial charge in [0.05, 0.1) is 6.04 Å². The average molecular weight is 328 g/mol. The fourth-order valence-electron chi connectivity index (χ4n) is 3.65. The summed E-state index contributed by atoms with van der Waals surface area (Å²) in [5.74, 6) is 0.995. The van der Waals surface area contributed by atoms with Crippen molar-refractivity contribution in [3.8, 4) is 0 Å². The lowest BCUT2D eigenvalue weighted by Crippen LogP contribution is -2.20. The number of rotatable bonds is 3. The van der Waals surface area contributed by atoms with Crippen molar-refractivity contribution < 1.29 is 0 Å². The Kier molecular flexibility index (Phi) is 4.78. The van der Waals surface area contributed by atoms with Crippen LogP contribution in [0.5, 0.6) is 0 Å². The molecule has 2 nitrogen and oxygen atoms in total. The van der Waals surface area contributed by atoms with Crippen molar-refractivity contribution >= 4 is 22.3 Å². The van der Waals surface area contributed by atoms with Crippen LogP contribution in [-0.4, -0.2) is 11.9 Å². The highest BCUT2D eigenvalue weighted by Crippen LogP contribution is 2.24. The minimum atomic E-state index is 0.430. The van der Waals surface area contributed by atoms with Gasteiger partial charge in [0.25, 0.3) is 0 Å². The quantitative estimate of drug-likeness (QED) is 0.460. The second kappa shape index (κ2) is 7.52. The molecule has 1 fully saturated rings. The first-order valence-corrected chi connectivity index (χ1v) is 9.28. The van der Waals surface area contributed by atoms with Crippen molar-refractivity contribution in [3.63, 3.8) is 0 Å². The molecule has 0 amide bonds. The zero-order valence-corrected chi connectivity index (χ0v) is 14.5. The fourth-order valence-corrected chi connectivity index (χ4v) is 3.65. The lowest BCUT2D eigenvalue weighted by atomic mass is 9.95. The van der Waals surface area contributed by atoms with Gasteiger partial charge in [-0.3, -0.25) is 4.99 Å². The number of amidine groups is 1. The number of fused-ring (bicyclic) bond motifs is 1. The van der Waals surface area contributed by atoms with E-state index in [2.05, 4.69) is 72.0 Å². The minimum absolute atomic E-state index is 0.430. The van der Waals surface area contributed by atoms with E-state index in [4.69, 9.17) is 4.99 Å². The average Bonchev–Trinajstić information content (AvgIpc) is 2.69. The maximum Gasteiger partial charge on any atom is 0.133 e. The van der Waals surface area contributed by atoms with Crippen LogP contribution in [0.25, 0.3) is 10.8 Å². The first-order valence-electron chi connectivity index (χ1n) is 9.28. The molecular formula is C23H24N2. The van der Waals surface area contributed by atoms with Gasteiger partial charge in [0.2, 0.25) is 0 Å². The molecule has 0 spiro atoms. The van der Waals surface area contributed by atoms with Gasteiger partial charge < -0.3 is 5.32 Å². The number of nitrogens with one attached hydrogen (secondary N) is 1. The Bertz CT molecular complexity index is 856. The number of anilines is 1. The maximum absolute atomic E-state index is 5.16. The Morgan fingerprint density at radius 3 is 2.32 bits per heavy atom. The predicted molar refractivity (Wildman–Crippen MR) is 107 cm³/mol. The van der Waals surface area contributed by atoms with Crippen LogP contribution < -0.4 is 5.32 Å². The van der Waals surface area contributed by atoms with Gasteiger partial charge in [-0.1, -0.05) is 79.9 Å². The van der Waals surface area contributed by atoms with E-state index < -0.39 is 0 Å². The highest BCUT2D eigenvalue weighted by Gasteiger charge is 2.15. The Morgan fingerprint density at radius 1 is 0.760 bits per heavy atom. The number of nitrogens with zero attached hydrogens (tertiary/aromatic N) is 1. The highest BCUT2D eigenvalue weighted by molar-refractivity contribution is 6.15. The summed E-state index contributed by atoms with van der Waals surface area (Å²) in [7, 11) is 0. The normalized spacial score (nSPS) is 16.1. The summed E-state index contributed by atoms with van der Waals surface area (Å²) in [5.41, 5.74) is 2.28. The Labute approximate surface area is 149 Å². The minimum Gasteiger partial charge on any atom is -0.340 e. The molecule has 2 heteroatoms.